The van der Waals surface area contributed by atoms with Crippen LogP contribution in [0.3, 0.4) is 0 Å². The summed E-state index contributed by atoms with van der Waals surface area (Å²) in [6.07, 6.45) is 3.36. The van der Waals surface area contributed by atoms with Gasteiger partial charge in [-0.05, 0) is 36.4 Å². The van der Waals surface area contributed by atoms with Crippen LogP contribution in [0.4, 0.5) is 5.69 Å². The molecule has 0 saturated carbocycles. The third-order valence-corrected chi connectivity index (χ3v) is 4.95. The average Bonchev–Trinajstić information content (AvgIpc) is 3.25. The maximum absolute atomic E-state index is 12.7. The van der Waals surface area contributed by atoms with E-state index in [2.05, 4.69) is 15.1 Å². The van der Waals surface area contributed by atoms with Gasteiger partial charge in [0, 0.05) is 55.3 Å². The lowest BCUT2D eigenvalue weighted by atomic mass is 10.2. The highest BCUT2D eigenvalue weighted by Gasteiger charge is 2.22. The fraction of sp³-hybridized carbons (Fsp3) is 0.263. The molecule has 1 saturated heterocycles. The smallest absolute Gasteiger partial charge is 0.267 e. The van der Waals surface area contributed by atoms with E-state index in [1.54, 1.807) is 34.1 Å². The van der Waals surface area contributed by atoms with E-state index in [1.165, 1.54) is 10.7 Å². The maximum atomic E-state index is 12.7. The molecule has 0 N–H and O–H groups in total. The van der Waals surface area contributed by atoms with Gasteiger partial charge in [0.25, 0.3) is 5.56 Å². The monoisotopic (exact) mass is 398 g/mol. The van der Waals surface area contributed by atoms with Crippen LogP contribution in [0.1, 0.15) is 0 Å². The van der Waals surface area contributed by atoms with Crippen LogP contribution in [-0.4, -0.2) is 56.5 Å². The molecule has 1 fully saturated rings. The first-order valence-electron chi connectivity index (χ1n) is 8.97. The van der Waals surface area contributed by atoms with Gasteiger partial charge in [-0.2, -0.15) is 5.10 Å². The van der Waals surface area contributed by atoms with Crippen LogP contribution < -0.4 is 10.5 Å². The molecule has 144 valence electrons. The van der Waals surface area contributed by atoms with Gasteiger partial charge >= 0.3 is 0 Å². The lowest BCUT2D eigenvalue weighted by Crippen LogP contribution is -2.50. The molecule has 4 rings (SSSR count). The average molecular weight is 399 g/mol. The van der Waals surface area contributed by atoms with E-state index in [0.29, 0.717) is 23.9 Å². The predicted molar refractivity (Wildman–Crippen MR) is 106 cm³/mol. The Labute approximate surface area is 166 Å². The van der Waals surface area contributed by atoms with Crippen LogP contribution in [0.2, 0.25) is 5.02 Å². The number of piperazine rings is 1. The molecule has 0 radical (unpaired) electrons. The van der Waals surface area contributed by atoms with E-state index in [1.807, 2.05) is 24.3 Å². The second-order valence-corrected chi connectivity index (χ2v) is 6.92. The second kappa shape index (κ2) is 7.85. The first kappa shape index (κ1) is 18.2. The standard InChI is InChI=1S/C19H19ClN6O2/c20-15-2-4-16(5-3-15)23-10-12-24(13-11-23)19(28)14-26-18(27)7-6-17(22-26)25-9-1-8-21-25/h1-9H,10-14H2. The Kier molecular flexibility index (Phi) is 5.12. The van der Waals surface area contributed by atoms with E-state index < -0.39 is 0 Å². The first-order chi connectivity index (χ1) is 13.6. The van der Waals surface area contributed by atoms with E-state index in [4.69, 9.17) is 11.6 Å². The Morgan fingerprint density at radius 1 is 1.04 bits per heavy atom. The molecule has 1 aliphatic rings. The lowest BCUT2D eigenvalue weighted by molar-refractivity contribution is -0.132. The van der Waals surface area contributed by atoms with Crippen molar-refractivity contribution in [1.29, 1.82) is 0 Å². The summed E-state index contributed by atoms with van der Waals surface area (Å²) in [5.74, 6) is 0.368. The largest absolute Gasteiger partial charge is 0.368 e. The maximum Gasteiger partial charge on any atom is 0.267 e. The summed E-state index contributed by atoms with van der Waals surface area (Å²) in [6.45, 7) is 2.55. The number of hydrogen-bond acceptors (Lipinski definition) is 5. The normalized spacial score (nSPS) is 14.3. The van der Waals surface area contributed by atoms with Crippen molar-refractivity contribution in [2.75, 3.05) is 31.1 Å². The number of hydrogen-bond donors (Lipinski definition) is 0. The molecule has 28 heavy (non-hydrogen) atoms. The minimum absolute atomic E-state index is 0.0884. The highest BCUT2D eigenvalue weighted by Crippen LogP contribution is 2.19. The summed E-state index contributed by atoms with van der Waals surface area (Å²) in [5, 5.41) is 9.05. The Bertz CT molecular complexity index is 1010. The molecule has 0 spiro atoms. The van der Waals surface area contributed by atoms with E-state index in [-0.39, 0.29) is 18.0 Å². The van der Waals surface area contributed by atoms with Crippen molar-refractivity contribution in [2.45, 2.75) is 6.54 Å². The van der Waals surface area contributed by atoms with Crippen molar-refractivity contribution in [2.24, 2.45) is 0 Å². The Morgan fingerprint density at radius 2 is 1.79 bits per heavy atom. The van der Waals surface area contributed by atoms with Crippen molar-refractivity contribution in [1.82, 2.24) is 24.5 Å². The van der Waals surface area contributed by atoms with Gasteiger partial charge < -0.3 is 9.80 Å². The molecule has 0 bridgehead atoms. The minimum atomic E-state index is -0.316. The number of benzene rings is 1. The summed E-state index contributed by atoms with van der Waals surface area (Å²) >= 11 is 5.94. The van der Waals surface area contributed by atoms with Crippen molar-refractivity contribution >= 4 is 23.2 Å². The molecule has 1 aliphatic heterocycles. The summed E-state index contributed by atoms with van der Waals surface area (Å²) in [4.78, 5) is 28.8. The minimum Gasteiger partial charge on any atom is -0.368 e. The van der Waals surface area contributed by atoms with Crippen LogP contribution >= 0.6 is 11.6 Å². The van der Waals surface area contributed by atoms with E-state index >= 15 is 0 Å². The first-order valence-corrected chi connectivity index (χ1v) is 9.34. The van der Waals surface area contributed by atoms with Crippen molar-refractivity contribution in [3.8, 4) is 5.82 Å². The predicted octanol–water partition coefficient (Wildman–Crippen LogP) is 1.43. The lowest BCUT2D eigenvalue weighted by Gasteiger charge is -2.36. The van der Waals surface area contributed by atoms with E-state index in [0.717, 1.165) is 18.8 Å². The molecule has 1 amide bonds. The van der Waals surface area contributed by atoms with Gasteiger partial charge in [-0.3, -0.25) is 9.59 Å². The van der Waals surface area contributed by atoms with Crippen LogP contribution in [-0.2, 0) is 11.3 Å². The number of nitrogens with zero attached hydrogens (tertiary/aromatic N) is 6. The second-order valence-electron chi connectivity index (χ2n) is 6.48. The summed E-state index contributed by atoms with van der Waals surface area (Å²) < 4.78 is 2.73. The number of anilines is 1. The summed E-state index contributed by atoms with van der Waals surface area (Å²) in [7, 11) is 0. The van der Waals surface area contributed by atoms with Crippen molar-refractivity contribution in [3.63, 3.8) is 0 Å². The summed E-state index contributed by atoms with van der Waals surface area (Å²) in [6, 6.07) is 12.4. The zero-order valence-electron chi connectivity index (χ0n) is 15.1. The molecule has 8 nitrogen and oxygen atoms in total. The van der Waals surface area contributed by atoms with Gasteiger partial charge in [0.05, 0.1) is 0 Å². The number of carbonyl (C=O) groups excluding carboxylic acids is 1. The molecule has 3 aromatic rings. The Balaban J connectivity index is 1.40. The van der Waals surface area contributed by atoms with E-state index in [9.17, 15) is 9.59 Å². The van der Waals surface area contributed by atoms with Gasteiger partial charge in [0.2, 0.25) is 5.91 Å². The highest BCUT2D eigenvalue weighted by molar-refractivity contribution is 6.30. The third kappa shape index (κ3) is 3.91. The third-order valence-electron chi connectivity index (χ3n) is 4.70. The number of carbonyl (C=O) groups is 1. The quantitative estimate of drug-likeness (QED) is 0.664. The topological polar surface area (TPSA) is 76.3 Å². The molecular weight excluding hydrogens is 380 g/mol. The zero-order chi connectivity index (χ0) is 19.5. The number of aromatic nitrogens is 4. The van der Waals surface area contributed by atoms with Crippen LogP contribution in [0.15, 0.2) is 59.7 Å². The molecule has 0 atom stereocenters. The Morgan fingerprint density at radius 3 is 2.46 bits per heavy atom. The Hall–Kier alpha value is -3.13. The molecule has 1 aromatic carbocycles. The molecule has 0 aliphatic carbocycles. The molecule has 9 heteroatoms. The van der Waals surface area contributed by atoms with Gasteiger partial charge in [-0.1, -0.05) is 11.6 Å². The fourth-order valence-corrected chi connectivity index (χ4v) is 3.30. The van der Waals surface area contributed by atoms with Gasteiger partial charge in [-0.25, -0.2) is 9.36 Å². The number of rotatable bonds is 4. The van der Waals surface area contributed by atoms with Crippen LogP contribution in [0, 0.1) is 0 Å². The number of amides is 1. The van der Waals surface area contributed by atoms with Crippen LogP contribution in [0.25, 0.3) is 5.82 Å². The van der Waals surface area contributed by atoms with Crippen molar-refractivity contribution in [3.05, 3.63) is 70.2 Å². The molecule has 3 heterocycles. The van der Waals surface area contributed by atoms with Crippen molar-refractivity contribution < 1.29 is 4.79 Å². The van der Waals surface area contributed by atoms with Gasteiger partial charge in [0.1, 0.15) is 6.54 Å². The highest BCUT2D eigenvalue weighted by atomic mass is 35.5. The molecular formula is C19H19ClN6O2. The molecule has 0 unspecified atom stereocenters. The zero-order valence-corrected chi connectivity index (χ0v) is 15.9. The summed E-state index contributed by atoms with van der Waals surface area (Å²) in [5.41, 5.74) is 0.769. The van der Waals surface area contributed by atoms with Gasteiger partial charge in [-0.15, -0.1) is 5.10 Å². The van der Waals surface area contributed by atoms with Gasteiger partial charge in [0.15, 0.2) is 5.82 Å². The fourth-order valence-electron chi connectivity index (χ4n) is 3.17. The number of halogens is 1. The SMILES string of the molecule is O=C(Cn1nc(-n2cccn2)ccc1=O)N1CCN(c2ccc(Cl)cc2)CC1. The van der Waals surface area contributed by atoms with Crippen LogP contribution in [0.5, 0.6) is 0 Å². The molecule has 2 aromatic heterocycles.